The van der Waals surface area contributed by atoms with Crippen LogP contribution in [0.15, 0.2) is 28.8 Å². The zero-order valence-electron chi connectivity index (χ0n) is 12.2. The van der Waals surface area contributed by atoms with Crippen LogP contribution in [0.2, 0.25) is 5.02 Å². The van der Waals surface area contributed by atoms with E-state index in [2.05, 4.69) is 24.1 Å². The van der Waals surface area contributed by atoms with Crippen LogP contribution in [0.3, 0.4) is 0 Å². The Morgan fingerprint density at radius 2 is 2.15 bits per heavy atom. The van der Waals surface area contributed by atoms with Crippen molar-refractivity contribution in [3.05, 3.63) is 40.9 Å². The molecule has 108 valence electrons. The Kier molecular flexibility index (Phi) is 5.21. The van der Waals surface area contributed by atoms with Crippen LogP contribution in [0.5, 0.6) is 0 Å². The van der Waals surface area contributed by atoms with Gasteiger partial charge >= 0.3 is 0 Å². The van der Waals surface area contributed by atoms with E-state index < -0.39 is 0 Å². The van der Waals surface area contributed by atoms with Crippen LogP contribution in [0, 0.1) is 6.92 Å². The smallest absolute Gasteiger partial charge is 0.194 e. The summed E-state index contributed by atoms with van der Waals surface area (Å²) in [5.41, 5.74) is 2.15. The molecule has 2 rings (SSSR count). The molecule has 0 saturated heterocycles. The number of rotatable bonds is 6. The Morgan fingerprint density at radius 3 is 2.90 bits per heavy atom. The van der Waals surface area contributed by atoms with E-state index >= 15 is 0 Å². The Morgan fingerprint density at radius 1 is 1.35 bits per heavy atom. The monoisotopic (exact) mass is 292 g/mol. The lowest BCUT2D eigenvalue weighted by molar-refractivity contribution is 0.484. The lowest BCUT2D eigenvalue weighted by Crippen LogP contribution is -2.23. The van der Waals surface area contributed by atoms with Crippen LogP contribution in [-0.2, 0) is 6.42 Å². The molecule has 0 bridgehead atoms. The fraction of sp³-hybridized carbons (Fsp3) is 0.438. The maximum Gasteiger partial charge on any atom is 0.194 e. The van der Waals surface area contributed by atoms with Gasteiger partial charge in [-0.05, 0) is 37.6 Å². The van der Waals surface area contributed by atoms with Gasteiger partial charge in [-0.1, -0.05) is 31.5 Å². The van der Waals surface area contributed by atoms with Gasteiger partial charge in [-0.3, -0.25) is 0 Å². The number of hydrogen-bond acceptors (Lipinski definition) is 3. The summed E-state index contributed by atoms with van der Waals surface area (Å²) < 4.78 is 5.82. The normalized spacial score (nSPS) is 11.2. The van der Waals surface area contributed by atoms with Gasteiger partial charge in [0, 0.05) is 23.0 Å². The van der Waals surface area contributed by atoms with Gasteiger partial charge < -0.3 is 9.73 Å². The summed E-state index contributed by atoms with van der Waals surface area (Å²) in [6.07, 6.45) is 3.65. The lowest BCUT2D eigenvalue weighted by Gasteiger charge is -2.06. The van der Waals surface area contributed by atoms with Gasteiger partial charge in [0.25, 0.3) is 0 Å². The van der Waals surface area contributed by atoms with Crippen molar-refractivity contribution in [1.29, 1.82) is 0 Å². The quantitative estimate of drug-likeness (QED) is 0.810. The number of aromatic nitrogens is 1. The number of halogens is 1. The average molecular weight is 293 g/mol. The summed E-state index contributed by atoms with van der Waals surface area (Å²) in [6, 6.07) is 6.31. The first-order valence-corrected chi connectivity index (χ1v) is 7.38. The highest BCUT2D eigenvalue weighted by Gasteiger charge is 2.09. The Bertz CT molecular complexity index is 563. The molecule has 3 nitrogen and oxygen atoms in total. The van der Waals surface area contributed by atoms with Gasteiger partial charge in [0.15, 0.2) is 11.7 Å². The van der Waals surface area contributed by atoms with E-state index in [4.69, 9.17) is 16.0 Å². The third-order valence-electron chi connectivity index (χ3n) is 3.14. The third-order valence-corrected chi connectivity index (χ3v) is 3.37. The summed E-state index contributed by atoms with van der Waals surface area (Å²) in [5.74, 6) is 1.57. The highest BCUT2D eigenvalue weighted by Crippen LogP contribution is 2.27. The average Bonchev–Trinajstić information content (AvgIpc) is 2.86. The molecule has 1 heterocycles. The Labute approximate surface area is 125 Å². The van der Waals surface area contributed by atoms with Gasteiger partial charge in [-0.15, -0.1) is 0 Å². The van der Waals surface area contributed by atoms with Gasteiger partial charge in [-0.2, -0.15) is 0 Å². The molecule has 0 saturated carbocycles. The molecular formula is C16H21ClN2O. The van der Waals surface area contributed by atoms with Gasteiger partial charge in [0.05, 0.1) is 6.20 Å². The van der Waals surface area contributed by atoms with Crippen molar-refractivity contribution in [1.82, 2.24) is 10.3 Å². The molecule has 0 aliphatic rings. The van der Waals surface area contributed by atoms with Crippen molar-refractivity contribution in [2.75, 3.05) is 6.54 Å². The van der Waals surface area contributed by atoms with Crippen molar-refractivity contribution in [2.24, 2.45) is 0 Å². The molecule has 1 aromatic carbocycles. The maximum absolute atomic E-state index is 6.04. The fourth-order valence-corrected chi connectivity index (χ4v) is 2.21. The number of oxazole rings is 1. The first kappa shape index (κ1) is 15.1. The topological polar surface area (TPSA) is 38.1 Å². The summed E-state index contributed by atoms with van der Waals surface area (Å²) in [6.45, 7) is 7.31. The predicted molar refractivity (Wildman–Crippen MR) is 83.1 cm³/mol. The van der Waals surface area contributed by atoms with E-state index in [1.165, 1.54) is 0 Å². The number of nitrogens with one attached hydrogen (secondary N) is 1. The van der Waals surface area contributed by atoms with Gasteiger partial charge in [-0.25, -0.2) is 4.98 Å². The van der Waals surface area contributed by atoms with Gasteiger partial charge in [0.1, 0.15) is 0 Å². The first-order chi connectivity index (χ1) is 9.56. The minimum Gasteiger partial charge on any atom is -0.441 e. The summed E-state index contributed by atoms with van der Waals surface area (Å²) in [5, 5.41) is 4.10. The predicted octanol–water partition coefficient (Wildman–Crippen LogP) is 4.23. The molecule has 0 spiro atoms. The molecule has 1 N–H and O–H groups in total. The highest BCUT2D eigenvalue weighted by molar-refractivity contribution is 6.30. The van der Waals surface area contributed by atoms with Crippen LogP contribution >= 0.6 is 11.6 Å². The second-order valence-corrected chi connectivity index (χ2v) is 5.73. The maximum atomic E-state index is 6.04. The number of nitrogens with zero attached hydrogens (tertiary/aromatic N) is 1. The highest BCUT2D eigenvalue weighted by atomic mass is 35.5. The molecule has 4 heteroatoms. The molecular weight excluding hydrogens is 272 g/mol. The minimum atomic E-state index is 0.518. The van der Waals surface area contributed by atoms with Crippen molar-refractivity contribution >= 4 is 11.6 Å². The van der Waals surface area contributed by atoms with E-state index in [1.807, 2.05) is 25.1 Å². The van der Waals surface area contributed by atoms with Crippen LogP contribution in [0.1, 0.15) is 31.7 Å². The zero-order chi connectivity index (χ0) is 14.5. The molecule has 0 aliphatic heterocycles. The van der Waals surface area contributed by atoms with E-state index in [0.29, 0.717) is 11.1 Å². The van der Waals surface area contributed by atoms with E-state index in [-0.39, 0.29) is 0 Å². The largest absolute Gasteiger partial charge is 0.441 e. The standard InChI is InChI=1S/C16H21ClN2O/c1-11(2)18-8-4-5-16-19-10-15(20-16)14-9-13(17)7-6-12(14)3/h6-7,9-11,18H,4-5,8H2,1-3H3. The zero-order valence-corrected chi connectivity index (χ0v) is 13.0. The molecule has 0 fully saturated rings. The summed E-state index contributed by atoms with van der Waals surface area (Å²) in [4.78, 5) is 4.34. The Hall–Kier alpha value is -1.32. The number of benzene rings is 1. The van der Waals surface area contributed by atoms with Crippen molar-refractivity contribution in [2.45, 2.75) is 39.7 Å². The van der Waals surface area contributed by atoms with E-state index in [0.717, 1.165) is 42.2 Å². The molecule has 2 aromatic rings. The van der Waals surface area contributed by atoms with Gasteiger partial charge in [0.2, 0.25) is 0 Å². The first-order valence-electron chi connectivity index (χ1n) is 7.01. The molecule has 0 unspecified atom stereocenters. The van der Waals surface area contributed by atoms with E-state index in [9.17, 15) is 0 Å². The summed E-state index contributed by atoms with van der Waals surface area (Å²) in [7, 11) is 0. The van der Waals surface area contributed by atoms with Crippen molar-refractivity contribution < 1.29 is 4.42 Å². The fourth-order valence-electron chi connectivity index (χ4n) is 2.04. The molecule has 0 amide bonds. The third kappa shape index (κ3) is 4.09. The Balaban J connectivity index is 2.00. The molecule has 0 aliphatic carbocycles. The minimum absolute atomic E-state index is 0.518. The summed E-state index contributed by atoms with van der Waals surface area (Å²) >= 11 is 6.04. The second-order valence-electron chi connectivity index (χ2n) is 5.29. The van der Waals surface area contributed by atoms with Crippen LogP contribution < -0.4 is 5.32 Å². The number of hydrogen-bond donors (Lipinski definition) is 1. The van der Waals surface area contributed by atoms with Crippen LogP contribution in [0.25, 0.3) is 11.3 Å². The van der Waals surface area contributed by atoms with Crippen LogP contribution in [0.4, 0.5) is 0 Å². The molecule has 0 atom stereocenters. The van der Waals surface area contributed by atoms with Crippen molar-refractivity contribution in [3.8, 4) is 11.3 Å². The second kappa shape index (κ2) is 6.91. The lowest BCUT2D eigenvalue weighted by atomic mass is 10.1. The SMILES string of the molecule is Cc1ccc(Cl)cc1-c1cnc(CCCNC(C)C)o1. The molecule has 0 radical (unpaired) electrons. The molecule has 20 heavy (non-hydrogen) atoms. The van der Waals surface area contributed by atoms with Crippen LogP contribution in [-0.4, -0.2) is 17.6 Å². The molecule has 1 aromatic heterocycles. The van der Waals surface area contributed by atoms with Crippen molar-refractivity contribution in [3.63, 3.8) is 0 Å². The van der Waals surface area contributed by atoms with E-state index in [1.54, 1.807) is 6.20 Å². The number of aryl methyl sites for hydroxylation is 2.